The first kappa shape index (κ1) is 27.2. The zero-order chi connectivity index (χ0) is 26.3. The average molecular weight is 520 g/mol. The third kappa shape index (κ3) is 7.05. The smallest absolute Gasteiger partial charge is 0.223 e. The van der Waals surface area contributed by atoms with Crippen molar-refractivity contribution < 1.29 is 32.1 Å². The zero-order valence-corrected chi connectivity index (χ0v) is 21.4. The van der Waals surface area contributed by atoms with E-state index in [1.165, 1.54) is 24.4 Å². The number of alkyl halides is 1. The summed E-state index contributed by atoms with van der Waals surface area (Å²) in [6.07, 6.45) is 3.78. The Bertz CT molecular complexity index is 1290. The van der Waals surface area contributed by atoms with E-state index in [0.717, 1.165) is 6.26 Å². The summed E-state index contributed by atoms with van der Waals surface area (Å²) in [6.45, 7) is 4.58. The topological polar surface area (TPSA) is 124 Å². The number of nitrogens with one attached hydrogen (secondary N) is 1. The van der Waals surface area contributed by atoms with E-state index < -0.39 is 22.6 Å². The molecule has 0 amide bonds. The fourth-order valence-electron chi connectivity index (χ4n) is 3.18. The van der Waals surface area contributed by atoms with Crippen LogP contribution in [0.15, 0.2) is 53.7 Å². The van der Waals surface area contributed by atoms with Crippen LogP contribution in [0.3, 0.4) is 0 Å². The lowest BCUT2D eigenvalue weighted by molar-refractivity contribution is 0.0890. The van der Waals surface area contributed by atoms with Crippen molar-refractivity contribution in [3.05, 3.63) is 54.4 Å². The molecule has 0 aliphatic carbocycles. The second kappa shape index (κ2) is 12.0. The summed E-state index contributed by atoms with van der Waals surface area (Å²) in [5, 5.41) is 9.39. The van der Waals surface area contributed by atoms with E-state index in [0.29, 0.717) is 35.0 Å². The number of aromatic amines is 1. The molecule has 0 aliphatic rings. The minimum absolute atomic E-state index is 0.0789. The van der Waals surface area contributed by atoms with Crippen molar-refractivity contribution in [3.8, 4) is 28.8 Å². The number of allylic oxidation sites excluding steroid dienone is 1. The number of H-pyrrole nitrogens is 1. The third-order valence-corrected chi connectivity index (χ3v) is 6.08. The number of aliphatic hydroxyl groups is 1. The van der Waals surface area contributed by atoms with Crippen molar-refractivity contribution in [1.29, 1.82) is 0 Å². The van der Waals surface area contributed by atoms with Crippen molar-refractivity contribution in [2.45, 2.75) is 44.4 Å². The predicted octanol–water partition coefficient (Wildman–Crippen LogP) is 4.55. The normalized spacial score (nSPS) is 13.8. The Morgan fingerprint density at radius 2 is 2.00 bits per heavy atom. The van der Waals surface area contributed by atoms with Crippen molar-refractivity contribution in [1.82, 2.24) is 15.0 Å². The van der Waals surface area contributed by atoms with Crippen molar-refractivity contribution >= 4 is 15.6 Å². The molecule has 0 radical (unpaired) electrons. The minimum atomic E-state index is -3.45. The quantitative estimate of drug-likeness (QED) is 0.334. The van der Waals surface area contributed by atoms with Crippen LogP contribution in [0, 0.1) is 0 Å². The van der Waals surface area contributed by atoms with E-state index in [-0.39, 0.29) is 29.4 Å². The van der Waals surface area contributed by atoms with Gasteiger partial charge in [0.25, 0.3) is 0 Å². The van der Waals surface area contributed by atoms with Gasteiger partial charge in [-0.25, -0.2) is 22.8 Å². The first-order valence-electron chi connectivity index (χ1n) is 11.4. The van der Waals surface area contributed by atoms with Gasteiger partial charge in [-0.2, -0.15) is 0 Å². The average Bonchev–Trinajstić information content (AvgIpc) is 3.34. The Kier molecular flexibility index (Phi) is 9.05. The Hall–Kier alpha value is -3.44. The van der Waals surface area contributed by atoms with Crippen molar-refractivity contribution in [2.75, 3.05) is 19.5 Å². The number of rotatable bonds is 12. The molecule has 0 bridgehead atoms. The number of ether oxygens (including phenoxy) is 3. The molecular weight excluding hydrogens is 489 g/mol. The molecule has 11 heteroatoms. The Morgan fingerprint density at radius 3 is 2.58 bits per heavy atom. The van der Waals surface area contributed by atoms with E-state index in [1.54, 1.807) is 25.1 Å². The highest BCUT2D eigenvalue weighted by Crippen LogP contribution is 2.31. The maximum Gasteiger partial charge on any atom is 0.223 e. The van der Waals surface area contributed by atoms with E-state index in [4.69, 9.17) is 14.2 Å². The van der Waals surface area contributed by atoms with Crippen LogP contribution >= 0.6 is 0 Å². The number of halogens is 1. The van der Waals surface area contributed by atoms with Crippen LogP contribution in [0.5, 0.6) is 17.4 Å². The monoisotopic (exact) mass is 519 g/mol. The number of aromatic nitrogens is 3. The number of pyridine rings is 2. The van der Waals surface area contributed by atoms with Crippen LogP contribution < -0.4 is 9.47 Å². The standard InChI is InChI=1S/C25H30FN3O6S/c1-5-17(15-30)34-23(6-2)21-9-8-20(28-21)22-11-19(33-16(3)13-26)12-24(29-22)35-18-7-10-25(27-14-18)36(4,31)32/h6-12,14,16-17,28,30H,5,13,15H2,1-4H3/b23-6+/t16-,17?/m0/s1. The Labute approximate surface area is 209 Å². The number of hydrogen-bond donors (Lipinski definition) is 2. The molecule has 3 aromatic rings. The molecular formula is C25H30FN3O6S. The van der Waals surface area contributed by atoms with Gasteiger partial charge in [-0.15, -0.1) is 0 Å². The molecule has 194 valence electrons. The summed E-state index contributed by atoms with van der Waals surface area (Å²) in [6, 6.07) is 9.59. The van der Waals surface area contributed by atoms with Gasteiger partial charge in [0, 0.05) is 18.4 Å². The van der Waals surface area contributed by atoms with Crippen LogP contribution in [0.2, 0.25) is 0 Å². The van der Waals surface area contributed by atoms with Crippen LogP contribution in [0.4, 0.5) is 4.39 Å². The highest BCUT2D eigenvalue weighted by atomic mass is 32.2. The molecule has 2 atom stereocenters. The predicted molar refractivity (Wildman–Crippen MR) is 133 cm³/mol. The van der Waals surface area contributed by atoms with E-state index in [9.17, 15) is 17.9 Å². The maximum atomic E-state index is 13.1. The molecule has 1 unspecified atom stereocenters. The molecule has 3 aromatic heterocycles. The Balaban J connectivity index is 1.93. The summed E-state index contributed by atoms with van der Waals surface area (Å²) in [5.41, 5.74) is 1.77. The van der Waals surface area contributed by atoms with Gasteiger partial charge in [-0.3, -0.25) is 0 Å². The lowest BCUT2D eigenvalue weighted by atomic mass is 10.2. The summed E-state index contributed by atoms with van der Waals surface area (Å²) < 4.78 is 53.7. The number of aliphatic hydroxyl groups excluding tert-OH is 1. The van der Waals surface area contributed by atoms with E-state index in [2.05, 4.69) is 15.0 Å². The van der Waals surface area contributed by atoms with Gasteiger partial charge in [0.05, 0.1) is 29.9 Å². The van der Waals surface area contributed by atoms with Gasteiger partial charge in [-0.05, 0) is 50.6 Å². The summed E-state index contributed by atoms with van der Waals surface area (Å²) in [5.74, 6) is 1.33. The third-order valence-electron chi connectivity index (χ3n) is 5.08. The molecule has 0 spiro atoms. The Morgan fingerprint density at radius 1 is 1.22 bits per heavy atom. The molecule has 2 N–H and O–H groups in total. The molecule has 0 saturated carbocycles. The number of hydrogen-bond acceptors (Lipinski definition) is 8. The van der Waals surface area contributed by atoms with Crippen LogP contribution in [0.1, 0.15) is 32.9 Å². The van der Waals surface area contributed by atoms with Gasteiger partial charge in [0.15, 0.2) is 14.9 Å². The van der Waals surface area contributed by atoms with Gasteiger partial charge in [-0.1, -0.05) is 6.92 Å². The van der Waals surface area contributed by atoms with Crippen molar-refractivity contribution in [2.24, 2.45) is 0 Å². The van der Waals surface area contributed by atoms with Gasteiger partial charge >= 0.3 is 0 Å². The maximum absolute atomic E-state index is 13.1. The fourth-order valence-corrected chi connectivity index (χ4v) is 3.73. The highest BCUT2D eigenvalue weighted by molar-refractivity contribution is 7.90. The molecule has 0 aliphatic heterocycles. The van der Waals surface area contributed by atoms with E-state index in [1.807, 2.05) is 19.9 Å². The molecule has 3 heterocycles. The highest BCUT2D eigenvalue weighted by Gasteiger charge is 2.16. The van der Waals surface area contributed by atoms with Crippen LogP contribution in [-0.2, 0) is 14.6 Å². The number of sulfone groups is 1. The number of nitrogens with zero attached hydrogens (tertiary/aromatic N) is 2. The molecule has 3 rings (SSSR count). The molecule has 0 fully saturated rings. The molecule has 9 nitrogen and oxygen atoms in total. The van der Waals surface area contributed by atoms with Gasteiger partial charge in [0.2, 0.25) is 5.88 Å². The summed E-state index contributed by atoms with van der Waals surface area (Å²) in [4.78, 5) is 11.7. The summed E-state index contributed by atoms with van der Waals surface area (Å²) >= 11 is 0. The first-order valence-corrected chi connectivity index (χ1v) is 13.3. The molecule has 36 heavy (non-hydrogen) atoms. The van der Waals surface area contributed by atoms with Gasteiger partial charge in [0.1, 0.15) is 36.1 Å². The lowest BCUT2D eigenvalue weighted by Gasteiger charge is -2.17. The molecule has 0 saturated heterocycles. The van der Waals surface area contributed by atoms with E-state index >= 15 is 0 Å². The second-order valence-electron chi connectivity index (χ2n) is 8.08. The van der Waals surface area contributed by atoms with Crippen LogP contribution in [-0.4, -0.2) is 60.2 Å². The van der Waals surface area contributed by atoms with Gasteiger partial charge < -0.3 is 24.3 Å². The largest absolute Gasteiger partial charge is 0.488 e. The first-order chi connectivity index (χ1) is 17.2. The second-order valence-corrected chi connectivity index (χ2v) is 10.0. The SMILES string of the molecule is C/C=C(/OC(CC)CO)c1ccc(-c2cc(O[C@@H](C)CF)cc(Oc3ccc(S(C)(=O)=O)nc3)n2)[nH]1. The fraction of sp³-hybridized carbons (Fsp3) is 0.360. The summed E-state index contributed by atoms with van der Waals surface area (Å²) in [7, 11) is -3.45. The van der Waals surface area contributed by atoms with Crippen LogP contribution in [0.25, 0.3) is 17.1 Å². The lowest BCUT2D eigenvalue weighted by Crippen LogP contribution is -2.15. The zero-order valence-electron chi connectivity index (χ0n) is 20.6. The minimum Gasteiger partial charge on any atom is -0.488 e. The van der Waals surface area contributed by atoms with Crippen molar-refractivity contribution in [3.63, 3.8) is 0 Å². The molecule has 0 aromatic carbocycles.